The van der Waals surface area contributed by atoms with E-state index in [1.807, 2.05) is 4.90 Å². The van der Waals surface area contributed by atoms with Crippen molar-refractivity contribution in [2.24, 2.45) is 11.8 Å². The number of amides is 1. The van der Waals surface area contributed by atoms with E-state index in [1.54, 1.807) is 12.1 Å². The molecule has 2 fully saturated rings. The lowest BCUT2D eigenvalue weighted by Gasteiger charge is -2.31. The zero-order chi connectivity index (χ0) is 17.6. The predicted octanol–water partition coefficient (Wildman–Crippen LogP) is 2.79. The minimum Gasteiger partial charge on any atom is -0.493 e. The van der Waals surface area contributed by atoms with Gasteiger partial charge in [-0.25, -0.2) is 4.39 Å². The summed E-state index contributed by atoms with van der Waals surface area (Å²) in [6.45, 7) is 2.03. The van der Waals surface area contributed by atoms with Crippen LogP contribution in [0.4, 0.5) is 4.39 Å². The van der Waals surface area contributed by atoms with E-state index in [0.717, 1.165) is 12.8 Å². The van der Waals surface area contributed by atoms with Crippen molar-refractivity contribution >= 4 is 11.9 Å². The second kappa shape index (κ2) is 8.32. The molecule has 1 amide bonds. The number of hydrogen-bond acceptors (Lipinski definition) is 4. The predicted molar refractivity (Wildman–Crippen MR) is 89.5 cm³/mol. The fourth-order valence-electron chi connectivity index (χ4n) is 2.99. The molecule has 0 N–H and O–H groups in total. The second-order valence-corrected chi connectivity index (χ2v) is 6.70. The van der Waals surface area contributed by atoms with Gasteiger partial charge in [0.25, 0.3) is 0 Å². The summed E-state index contributed by atoms with van der Waals surface area (Å²) >= 11 is 0. The molecule has 25 heavy (non-hydrogen) atoms. The molecule has 1 saturated carbocycles. The fraction of sp³-hybridized carbons (Fsp3) is 0.579. The molecule has 0 atom stereocenters. The molecule has 3 rings (SSSR count). The first-order valence-electron chi connectivity index (χ1n) is 8.97. The average Bonchev–Trinajstić information content (AvgIpc) is 3.47. The highest BCUT2D eigenvalue weighted by molar-refractivity contribution is 5.81. The van der Waals surface area contributed by atoms with Gasteiger partial charge in [0.15, 0.2) is 0 Å². The van der Waals surface area contributed by atoms with Crippen LogP contribution in [0.5, 0.6) is 5.75 Å². The molecule has 0 bridgehead atoms. The van der Waals surface area contributed by atoms with Crippen molar-refractivity contribution in [2.75, 3.05) is 26.3 Å². The largest absolute Gasteiger partial charge is 0.493 e. The standard InChI is InChI=1S/C19H24FNO4/c20-16-4-6-17(7-5-16)24-12-1-13-25-19(23)15-8-10-21(11-9-15)18(22)14-2-3-14/h4-7,14-15H,1-3,8-13H2. The molecular formula is C19H24FNO4. The third kappa shape index (κ3) is 5.18. The molecule has 0 unspecified atom stereocenters. The summed E-state index contributed by atoms with van der Waals surface area (Å²) in [4.78, 5) is 26.0. The lowest BCUT2D eigenvalue weighted by atomic mass is 9.97. The van der Waals surface area contributed by atoms with E-state index in [1.165, 1.54) is 12.1 Å². The van der Waals surface area contributed by atoms with Gasteiger partial charge < -0.3 is 14.4 Å². The highest BCUT2D eigenvalue weighted by atomic mass is 19.1. The minimum atomic E-state index is -0.300. The Morgan fingerprint density at radius 1 is 1.00 bits per heavy atom. The molecule has 0 radical (unpaired) electrons. The van der Waals surface area contributed by atoms with E-state index in [2.05, 4.69) is 0 Å². The van der Waals surface area contributed by atoms with Crippen LogP contribution in [0, 0.1) is 17.7 Å². The Hall–Kier alpha value is -2.11. The SMILES string of the molecule is O=C(OCCCOc1ccc(F)cc1)C1CCN(C(=O)C2CC2)CC1. The van der Waals surface area contributed by atoms with Crippen molar-refractivity contribution in [1.82, 2.24) is 4.90 Å². The van der Waals surface area contributed by atoms with Gasteiger partial charge in [-0.15, -0.1) is 0 Å². The van der Waals surface area contributed by atoms with Gasteiger partial charge >= 0.3 is 5.97 Å². The Morgan fingerprint density at radius 2 is 1.68 bits per heavy atom. The zero-order valence-electron chi connectivity index (χ0n) is 14.3. The molecular weight excluding hydrogens is 325 g/mol. The van der Waals surface area contributed by atoms with Crippen molar-refractivity contribution in [3.63, 3.8) is 0 Å². The summed E-state index contributed by atoms with van der Waals surface area (Å²) in [5, 5.41) is 0. The van der Waals surface area contributed by atoms with Crippen LogP contribution in [0.2, 0.25) is 0 Å². The highest BCUT2D eigenvalue weighted by Gasteiger charge is 2.36. The number of carbonyl (C=O) groups excluding carboxylic acids is 2. The third-order valence-electron chi connectivity index (χ3n) is 4.68. The van der Waals surface area contributed by atoms with Crippen LogP contribution in [0.3, 0.4) is 0 Å². The van der Waals surface area contributed by atoms with Crippen molar-refractivity contribution in [1.29, 1.82) is 0 Å². The third-order valence-corrected chi connectivity index (χ3v) is 4.68. The topological polar surface area (TPSA) is 55.8 Å². The normalized spacial score (nSPS) is 18.0. The smallest absolute Gasteiger partial charge is 0.309 e. The molecule has 2 aliphatic rings. The van der Waals surface area contributed by atoms with Crippen molar-refractivity contribution in [3.05, 3.63) is 30.1 Å². The number of ether oxygens (including phenoxy) is 2. The van der Waals surface area contributed by atoms with E-state index in [4.69, 9.17) is 9.47 Å². The number of benzene rings is 1. The lowest BCUT2D eigenvalue weighted by molar-refractivity contribution is -0.152. The van der Waals surface area contributed by atoms with Gasteiger partial charge in [-0.3, -0.25) is 9.59 Å². The number of piperidine rings is 1. The summed E-state index contributed by atoms with van der Waals surface area (Å²) in [7, 11) is 0. The molecule has 0 aromatic heterocycles. The minimum absolute atomic E-state index is 0.110. The molecule has 1 heterocycles. The van der Waals surface area contributed by atoms with Crippen LogP contribution in [-0.4, -0.2) is 43.1 Å². The van der Waals surface area contributed by atoms with E-state index in [0.29, 0.717) is 51.3 Å². The number of esters is 1. The van der Waals surface area contributed by atoms with Crippen molar-refractivity contribution < 1.29 is 23.5 Å². The van der Waals surface area contributed by atoms with Crippen LogP contribution in [-0.2, 0) is 14.3 Å². The lowest BCUT2D eigenvalue weighted by Crippen LogP contribution is -2.41. The summed E-state index contributed by atoms with van der Waals surface area (Å²) in [5.41, 5.74) is 0. The Bertz CT molecular complexity index is 592. The quantitative estimate of drug-likeness (QED) is 0.561. The van der Waals surface area contributed by atoms with Gasteiger partial charge in [-0.1, -0.05) is 0 Å². The zero-order valence-corrected chi connectivity index (χ0v) is 14.3. The van der Waals surface area contributed by atoms with Gasteiger partial charge in [-0.05, 0) is 49.9 Å². The average molecular weight is 349 g/mol. The molecule has 0 spiro atoms. The van der Waals surface area contributed by atoms with Crippen LogP contribution in [0.15, 0.2) is 24.3 Å². The molecule has 1 aromatic rings. The summed E-state index contributed by atoms with van der Waals surface area (Å²) in [6.07, 6.45) is 3.98. The molecule has 136 valence electrons. The first-order valence-corrected chi connectivity index (χ1v) is 8.97. The van der Waals surface area contributed by atoms with E-state index < -0.39 is 0 Å². The van der Waals surface area contributed by atoms with Gasteiger partial charge in [0.1, 0.15) is 11.6 Å². The summed E-state index contributed by atoms with van der Waals surface area (Å²) < 4.78 is 23.5. The fourth-order valence-corrected chi connectivity index (χ4v) is 2.99. The van der Waals surface area contributed by atoms with Gasteiger partial charge in [0.2, 0.25) is 5.91 Å². The maximum Gasteiger partial charge on any atom is 0.309 e. The Kier molecular flexibility index (Phi) is 5.89. The highest BCUT2D eigenvalue weighted by Crippen LogP contribution is 2.32. The maximum absolute atomic E-state index is 12.8. The summed E-state index contributed by atoms with van der Waals surface area (Å²) in [5.74, 6) is 0.502. The molecule has 1 saturated heterocycles. The van der Waals surface area contributed by atoms with Crippen molar-refractivity contribution in [2.45, 2.75) is 32.1 Å². The number of hydrogen-bond donors (Lipinski definition) is 0. The van der Waals surface area contributed by atoms with Gasteiger partial charge in [0, 0.05) is 25.4 Å². The summed E-state index contributed by atoms with van der Waals surface area (Å²) in [6, 6.07) is 5.82. The molecule has 1 aromatic carbocycles. The van der Waals surface area contributed by atoms with E-state index >= 15 is 0 Å². The first-order chi connectivity index (χ1) is 12.1. The molecule has 1 aliphatic heterocycles. The van der Waals surface area contributed by atoms with Gasteiger partial charge in [-0.2, -0.15) is 0 Å². The molecule has 5 nitrogen and oxygen atoms in total. The van der Waals surface area contributed by atoms with E-state index in [-0.39, 0.29) is 29.5 Å². The van der Waals surface area contributed by atoms with Crippen LogP contribution in [0.1, 0.15) is 32.1 Å². The number of carbonyl (C=O) groups is 2. The van der Waals surface area contributed by atoms with E-state index in [9.17, 15) is 14.0 Å². The number of nitrogens with zero attached hydrogens (tertiary/aromatic N) is 1. The first kappa shape index (κ1) is 17.7. The molecule has 6 heteroatoms. The van der Waals surface area contributed by atoms with Crippen molar-refractivity contribution in [3.8, 4) is 5.75 Å². The Balaban J connectivity index is 1.28. The maximum atomic E-state index is 12.8. The van der Waals surface area contributed by atoms with Crippen LogP contribution in [0.25, 0.3) is 0 Å². The number of likely N-dealkylation sites (tertiary alicyclic amines) is 1. The monoisotopic (exact) mass is 349 g/mol. The second-order valence-electron chi connectivity index (χ2n) is 6.70. The molecule has 1 aliphatic carbocycles. The Labute approximate surface area is 147 Å². The number of rotatable bonds is 7. The van der Waals surface area contributed by atoms with Crippen LogP contribution >= 0.6 is 0 Å². The Morgan fingerprint density at radius 3 is 2.32 bits per heavy atom. The van der Waals surface area contributed by atoms with Gasteiger partial charge in [0.05, 0.1) is 19.1 Å². The number of halogens is 1. The van der Waals surface area contributed by atoms with Crippen LogP contribution < -0.4 is 4.74 Å².